The molecule has 1 aromatic rings. The smallest absolute Gasteiger partial charge is 0.408 e. The van der Waals surface area contributed by atoms with Crippen molar-refractivity contribution >= 4 is 41.3 Å². The number of nitrogens with one attached hydrogen (secondary N) is 3. The van der Waals surface area contributed by atoms with Crippen molar-refractivity contribution in [3.05, 3.63) is 29.8 Å². The monoisotopic (exact) mass is 562 g/mol. The molecule has 1 aliphatic rings. The lowest BCUT2D eigenvalue weighted by Crippen LogP contribution is -2.54. The Hall–Kier alpha value is -2.75. The number of thioether (sulfide) groups is 1. The standard InChI is InChI=1S/C29H46N4O5S/c1-8-20-9-11-22(12-10-20)30-26(35)24(19(2)3)32-25(34)21-13-16-33(17-14-21)27(36)23(15-18-39-7)31-28(37)38-29(4,5)6/h9-12,19,21,23-24H,8,13-18H2,1-7H3,(H,30,35)(H,31,37)(H,32,34). The van der Waals surface area contributed by atoms with Gasteiger partial charge in [-0.15, -0.1) is 0 Å². The molecule has 9 nitrogen and oxygen atoms in total. The molecule has 10 heteroatoms. The largest absolute Gasteiger partial charge is 0.444 e. The van der Waals surface area contributed by atoms with Crippen LogP contribution in [0.5, 0.6) is 0 Å². The summed E-state index contributed by atoms with van der Waals surface area (Å²) in [5.41, 5.74) is 1.22. The zero-order chi connectivity index (χ0) is 29.2. The Morgan fingerprint density at radius 3 is 2.18 bits per heavy atom. The number of rotatable bonds is 11. The molecule has 1 fully saturated rings. The molecule has 0 aromatic heterocycles. The molecule has 1 aliphatic heterocycles. The summed E-state index contributed by atoms with van der Waals surface area (Å²) in [4.78, 5) is 53.4. The number of piperidine rings is 1. The van der Waals surface area contributed by atoms with E-state index in [1.165, 1.54) is 5.56 Å². The molecule has 1 heterocycles. The highest BCUT2D eigenvalue weighted by Crippen LogP contribution is 2.20. The lowest BCUT2D eigenvalue weighted by atomic mass is 9.94. The maximum atomic E-state index is 13.2. The minimum Gasteiger partial charge on any atom is -0.444 e. The second kappa shape index (κ2) is 15.1. The van der Waals surface area contributed by atoms with E-state index >= 15 is 0 Å². The summed E-state index contributed by atoms with van der Waals surface area (Å²) in [6.07, 6.45) is 3.73. The van der Waals surface area contributed by atoms with Crippen molar-refractivity contribution in [2.75, 3.05) is 30.4 Å². The molecule has 0 bridgehead atoms. The van der Waals surface area contributed by atoms with E-state index in [2.05, 4.69) is 22.9 Å². The predicted octanol–water partition coefficient (Wildman–Crippen LogP) is 4.21. The summed E-state index contributed by atoms with van der Waals surface area (Å²) in [7, 11) is 0. The SMILES string of the molecule is CCc1ccc(NC(=O)C(NC(=O)C2CCN(C(=O)C(CCSC)NC(=O)OC(C)(C)C)CC2)C(C)C)cc1. The second-order valence-electron chi connectivity index (χ2n) is 11.3. The van der Waals surface area contributed by atoms with Crippen LogP contribution in [0.15, 0.2) is 24.3 Å². The Kier molecular flexibility index (Phi) is 12.6. The number of aryl methyl sites for hydroxylation is 1. The van der Waals surface area contributed by atoms with E-state index < -0.39 is 23.8 Å². The van der Waals surface area contributed by atoms with Crippen LogP contribution in [-0.4, -0.2) is 71.5 Å². The van der Waals surface area contributed by atoms with Crippen LogP contribution >= 0.6 is 11.8 Å². The zero-order valence-corrected chi connectivity index (χ0v) is 25.3. The Labute approximate surface area is 237 Å². The highest BCUT2D eigenvalue weighted by atomic mass is 32.2. The normalized spacial score (nSPS) is 15.8. The fraction of sp³-hybridized carbons (Fsp3) is 0.655. The van der Waals surface area contributed by atoms with Gasteiger partial charge in [-0.05, 0) is 82.1 Å². The second-order valence-corrected chi connectivity index (χ2v) is 12.3. The predicted molar refractivity (Wildman–Crippen MR) is 157 cm³/mol. The number of alkyl carbamates (subject to hydrolysis) is 1. The summed E-state index contributed by atoms with van der Waals surface area (Å²) in [6, 6.07) is 6.33. The molecule has 0 radical (unpaired) electrons. The van der Waals surface area contributed by atoms with E-state index in [0.717, 1.165) is 6.42 Å². The van der Waals surface area contributed by atoms with E-state index in [0.29, 0.717) is 43.8 Å². The fourth-order valence-electron chi connectivity index (χ4n) is 4.38. The molecule has 2 unspecified atom stereocenters. The number of ether oxygens (including phenoxy) is 1. The van der Waals surface area contributed by atoms with E-state index in [1.54, 1.807) is 37.4 Å². The Balaban J connectivity index is 1.94. The number of amides is 4. The number of likely N-dealkylation sites (tertiary alicyclic amines) is 1. The first kappa shape index (κ1) is 32.5. The minimum absolute atomic E-state index is 0.0957. The third-order valence-corrected chi connectivity index (χ3v) is 7.30. The van der Waals surface area contributed by atoms with Crippen LogP contribution in [0.3, 0.4) is 0 Å². The van der Waals surface area contributed by atoms with Crippen LogP contribution in [-0.2, 0) is 25.5 Å². The molecule has 0 aliphatic carbocycles. The average molecular weight is 563 g/mol. The van der Waals surface area contributed by atoms with Gasteiger partial charge in [0.1, 0.15) is 17.7 Å². The number of anilines is 1. The number of hydrogen-bond donors (Lipinski definition) is 3. The van der Waals surface area contributed by atoms with Crippen molar-refractivity contribution in [2.24, 2.45) is 11.8 Å². The van der Waals surface area contributed by atoms with E-state index in [9.17, 15) is 19.2 Å². The van der Waals surface area contributed by atoms with Gasteiger partial charge in [-0.1, -0.05) is 32.9 Å². The number of carbonyl (C=O) groups is 4. The summed E-state index contributed by atoms with van der Waals surface area (Å²) >= 11 is 1.60. The first-order valence-corrected chi connectivity index (χ1v) is 15.2. The number of carbonyl (C=O) groups excluding carboxylic acids is 4. The van der Waals surface area contributed by atoms with Crippen LogP contribution in [0.2, 0.25) is 0 Å². The van der Waals surface area contributed by atoms with Crippen LogP contribution in [0.4, 0.5) is 10.5 Å². The third kappa shape index (κ3) is 10.7. The quantitative estimate of drug-likeness (QED) is 0.372. The molecule has 0 spiro atoms. The van der Waals surface area contributed by atoms with Crippen molar-refractivity contribution in [3.8, 4) is 0 Å². The summed E-state index contributed by atoms with van der Waals surface area (Å²) in [6.45, 7) is 12.0. The molecule has 2 atom stereocenters. The highest BCUT2D eigenvalue weighted by Gasteiger charge is 2.34. The number of benzene rings is 1. The Bertz CT molecular complexity index is 969. The molecule has 0 saturated carbocycles. The molecular formula is C29H46N4O5S. The first-order valence-electron chi connectivity index (χ1n) is 13.8. The van der Waals surface area contributed by atoms with Gasteiger partial charge in [0, 0.05) is 24.7 Å². The van der Waals surface area contributed by atoms with Gasteiger partial charge in [-0.25, -0.2) is 4.79 Å². The third-order valence-electron chi connectivity index (χ3n) is 6.65. The Morgan fingerprint density at radius 2 is 1.67 bits per heavy atom. The molecular weight excluding hydrogens is 516 g/mol. The summed E-state index contributed by atoms with van der Waals surface area (Å²) < 4.78 is 5.34. The van der Waals surface area contributed by atoms with Gasteiger partial charge in [0.15, 0.2) is 0 Å². The molecule has 39 heavy (non-hydrogen) atoms. The van der Waals surface area contributed by atoms with Crippen LogP contribution in [0, 0.1) is 11.8 Å². The fourth-order valence-corrected chi connectivity index (χ4v) is 4.85. The average Bonchev–Trinajstić information content (AvgIpc) is 2.88. The van der Waals surface area contributed by atoms with Gasteiger partial charge in [-0.3, -0.25) is 14.4 Å². The van der Waals surface area contributed by atoms with Crippen molar-refractivity contribution in [2.45, 2.75) is 84.9 Å². The van der Waals surface area contributed by atoms with Crippen molar-refractivity contribution in [3.63, 3.8) is 0 Å². The molecule has 4 amide bonds. The van der Waals surface area contributed by atoms with Gasteiger partial charge in [0.05, 0.1) is 0 Å². The summed E-state index contributed by atoms with van der Waals surface area (Å²) in [5, 5.41) is 8.58. The van der Waals surface area contributed by atoms with Crippen molar-refractivity contribution in [1.82, 2.24) is 15.5 Å². The van der Waals surface area contributed by atoms with Gasteiger partial charge in [0.2, 0.25) is 17.7 Å². The maximum Gasteiger partial charge on any atom is 0.408 e. The van der Waals surface area contributed by atoms with Gasteiger partial charge in [0.25, 0.3) is 0 Å². The van der Waals surface area contributed by atoms with Crippen LogP contribution in [0.25, 0.3) is 0 Å². The molecule has 3 N–H and O–H groups in total. The van der Waals surface area contributed by atoms with Gasteiger partial charge >= 0.3 is 6.09 Å². The van der Waals surface area contributed by atoms with Gasteiger partial charge < -0.3 is 25.6 Å². The molecule has 1 saturated heterocycles. The first-order chi connectivity index (χ1) is 18.3. The van der Waals surface area contributed by atoms with Gasteiger partial charge in [-0.2, -0.15) is 11.8 Å². The lowest BCUT2D eigenvalue weighted by Gasteiger charge is -2.34. The minimum atomic E-state index is -0.682. The molecule has 2 rings (SSSR count). The highest BCUT2D eigenvalue weighted by molar-refractivity contribution is 7.98. The maximum absolute atomic E-state index is 13.2. The van der Waals surface area contributed by atoms with Crippen molar-refractivity contribution < 1.29 is 23.9 Å². The Morgan fingerprint density at radius 1 is 1.05 bits per heavy atom. The zero-order valence-electron chi connectivity index (χ0n) is 24.5. The molecule has 218 valence electrons. The summed E-state index contributed by atoms with van der Waals surface area (Å²) in [5.74, 6) is -0.269. The molecule has 1 aromatic carbocycles. The van der Waals surface area contributed by atoms with E-state index in [-0.39, 0.29) is 29.6 Å². The number of hydrogen-bond acceptors (Lipinski definition) is 6. The van der Waals surface area contributed by atoms with Crippen molar-refractivity contribution in [1.29, 1.82) is 0 Å². The van der Waals surface area contributed by atoms with E-state index in [4.69, 9.17) is 4.74 Å². The van der Waals surface area contributed by atoms with E-state index in [1.807, 2.05) is 44.4 Å². The number of nitrogens with zero attached hydrogens (tertiary/aromatic N) is 1. The van der Waals surface area contributed by atoms with Crippen LogP contribution < -0.4 is 16.0 Å². The lowest BCUT2D eigenvalue weighted by molar-refractivity contribution is -0.138. The van der Waals surface area contributed by atoms with Crippen LogP contribution in [0.1, 0.15) is 66.4 Å². The topological polar surface area (TPSA) is 117 Å².